The van der Waals surface area contributed by atoms with Gasteiger partial charge in [-0.2, -0.15) is 4.52 Å². The van der Waals surface area contributed by atoms with Crippen LogP contribution >= 0.6 is 0 Å². The predicted octanol–water partition coefficient (Wildman–Crippen LogP) is 2.14. The highest BCUT2D eigenvalue weighted by Crippen LogP contribution is 2.22. The molecule has 4 heterocycles. The molecule has 3 aromatic rings. The summed E-state index contributed by atoms with van der Waals surface area (Å²) in [4.78, 5) is 9.20. The van der Waals surface area contributed by atoms with Crippen molar-refractivity contribution in [3.8, 4) is 0 Å². The van der Waals surface area contributed by atoms with Crippen LogP contribution in [0.15, 0.2) is 36.5 Å². The highest BCUT2D eigenvalue weighted by Gasteiger charge is 2.23. The molecule has 7 heteroatoms. The lowest BCUT2D eigenvalue weighted by molar-refractivity contribution is 0.246. The highest BCUT2D eigenvalue weighted by atomic mass is 15.4. The second-order valence-electron chi connectivity index (χ2n) is 7.82. The van der Waals surface area contributed by atoms with Crippen molar-refractivity contribution in [2.45, 2.75) is 32.7 Å². The fourth-order valence-corrected chi connectivity index (χ4v) is 3.27. The number of fused-ring (bicyclic) bond motifs is 1. The van der Waals surface area contributed by atoms with Crippen molar-refractivity contribution in [3.63, 3.8) is 0 Å². The molecule has 0 N–H and O–H groups in total. The average molecular weight is 351 g/mol. The van der Waals surface area contributed by atoms with E-state index in [9.17, 15) is 0 Å². The minimum atomic E-state index is -0.0909. The monoisotopic (exact) mass is 351 g/mol. The normalized spacial score (nSPS) is 16.3. The fraction of sp³-hybridized carbons (Fsp3) is 0.474. The van der Waals surface area contributed by atoms with Gasteiger partial charge in [-0.25, -0.2) is 0 Å². The summed E-state index contributed by atoms with van der Waals surface area (Å²) in [5.41, 5.74) is 1.83. The van der Waals surface area contributed by atoms with Gasteiger partial charge in [-0.15, -0.1) is 15.3 Å². The highest BCUT2D eigenvalue weighted by molar-refractivity contribution is 5.46. The van der Waals surface area contributed by atoms with Gasteiger partial charge in [0.25, 0.3) is 0 Å². The van der Waals surface area contributed by atoms with Crippen LogP contribution in [0.3, 0.4) is 0 Å². The summed E-state index contributed by atoms with van der Waals surface area (Å²) < 4.78 is 1.88. The van der Waals surface area contributed by atoms with Crippen molar-refractivity contribution in [2.75, 3.05) is 31.1 Å². The van der Waals surface area contributed by atoms with Gasteiger partial charge in [0.15, 0.2) is 11.5 Å². The molecular formula is C19H25N7. The SMILES string of the molecule is CC(C)(C)c1nnc2ccc(N3CCN(Cc4ccccn4)CC3)nn12. The first-order chi connectivity index (χ1) is 12.5. The van der Waals surface area contributed by atoms with Crippen molar-refractivity contribution in [1.82, 2.24) is 29.7 Å². The van der Waals surface area contributed by atoms with E-state index in [2.05, 4.69) is 51.8 Å². The first-order valence-electron chi connectivity index (χ1n) is 9.11. The Morgan fingerprint density at radius 2 is 1.77 bits per heavy atom. The van der Waals surface area contributed by atoms with Crippen molar-refractivity contribution in [2.24, 2.45) is 0 Å². The van der Waals surface area contributed by atoms with Gasteiger partial charge in [-0.3, -0.25) is 9.88 Å². The molecule has 3 aromatic heterocycles. The van der Waals surface area contributed by atoms with E-state index in [1.165, 1.54) is 0 Å². The molecule has 4 rings (SSSR count). The van der Waals surface area contributed by atoms with E-state index in [1.807, 2.05) is 35.0 Å². The van der Waals surface area contributed by atoms with Crippen molar-refractivity contribution < 1.29 is 0 Å². The molecule has 0 aromatic carbocycles. The maximum Gasteiger partial charge on any atom is 0.178 e. The van der Waals surface area contributed by atoms with E-state index < -0.39 is 0 Å². The molecule has 136 valence electrons. The largest absolute Gasteiger partial charge is 0.353 e. The van der Waals surface area contributed by atoms with Crippen LogP contribution in [0, 0.1) is 0 Å². The molecule has 0 bridgehead atoms. The minimum absolute atomic E-state index is 0.0909. The van der Waals surface area contributed by atoms with Gasteiger partial charge in [0.05, 0.1) is 5.69 Å². The second-order valence-corrected chi connectivity index (χ2v) is 7.82. The van der Waals surface area contributed by atoms with Gasteiger partial charge in [0.2, 0.25) is 0 Å². The molecule has 0 saturated carbocycles. The van der Waals surface area contributed by atoms with E-state index in [1.54, 1.807) is 0 Å². The zero-order valence-electron chi connectivity index (χ0n) is 15.6. The van der Waals surface area contributed by atoms with Crippen LogP contribution in [0.5, 0.6) is 0 Å². The quantitative estimate of drug-likeness (QED) is 0.720. The molecule has 0 atom stereocenters. The summed E-state index contributed by atoms with van der Waals surface area (Å²) in [6, 6.07) is 10.1. The van der Waals surface area contributed by atoms with Crippen LogP contribution in [0.25, 0.3) is 5.65 Å². The van der Waals surface area contributed by atoms with Crippen LogP contribution in [-0.2, 0) is 12.0 Å². The maximum absolute atomic E-state index is 4.82. The zero-order valence-corrected chi connectivity index (χ0v) is 15.6. The van der Waals surface area contributed by atoms with Crippen LogP contribution < -0.4 is 4.90 Å². The van der Waals surface area contributed by atoms with Gasteiger partial charge in [0, 0.05) is 44.3 Å². The number of hydrogen-bond acceptors (Lipinski definition) is 6. The number of piperazine rings is 1. The Balaban J connectivity index is 1.47. The molecule has 0 unspecified atom stereocenters. The summed E-state index contributed by atoms with van der Waals surface area (Å²) >= 11 is 0. The Morgan fingerprint density at radius 1 is 0.962 bits per heavy atom. The Kier molecular flexibility index (Phi) is 4.32. The van der Waals surface area contributed by atoms with E-state index in [4.69, 9.17) is 5.10 Å². The lowest BCUT2D eigenvalue weighted by Gasteiger charge is -2.35. The Hall–Kier alpha value is -2.54. The third-order valence-corrected chi connectivity index (χ3v) is 4.73. The number of nitrogens with zero attached hydrogens (tertiary/aromatic N) is 7. The van der Waals surface area contributed by atoms with E-state index in [0.717, 1.165) is 55.7 Å². The lowest BCUT2D eigenvalue weighted by atomic mass is 9.96. The van der Waals surface area contributed by atoms with Crippen LogP contribution in [0.2, 0.25) is 0 Å². The molecule has 0 aliphatic carbocycles. The lowest BCUT2D eigenvalue weighted by Crippen LogP contribution is -2.46. The first-order valence-corrected chi connectivity index (χ1v) is 9.11. The Morgan fingerprint density at radius 3 is 2.46 bits per heavy atom. The topological polar surface area (TPSA) is 62.5 Å². The summed E-state index contributed by atoms with van der Waals surface area (Å²) in [6.07, 6.45) is 1.86. The van der Waals surface area contributed by atoms with Crippen LogP contribution in [0.1, 0.15) is 32.3 Å². The Bertz CT molecular complexity index is 874. The zero-order chi connectivity index (χ0) is 18.1. The fourth-order valence-electron chi connectivity index (χ4n) is 3.27. The molecule has 1 aliphatic heterocycles. The number of aromatic nitrogens is 5. The Labute approximate surface area is 153 Å². The molecule has 1 aliphatic rings. The number of hydrogen-bond donors (Lipinski definition) is 0. The number of rotatable bonds is 3. The van der Waals surface area contributed by atoms with Gasteiger partial charge >= 0.3 is 0 Å². The molecule has 0 radical (unpaired) electrons. The van der Waals surface area contributed by atoms with Crippen molar-refractivity contribution in [3.05, 3.63) is 48.0 Å². The first kappa shape index (κ1) is 16.9. The van der Waals surface area contributed by atoms with Gasteiger partial charge in [0.1, 0.15) is 5.82 Å². The maximum atomic E-state index is 4.82. The minimum Gasteiger partial charge on any atom is -0.353 e. The van der Waals surface area contributed by atoms with Crippen LogP contribution in [-0.4, -0.2) is 55.9 Å². The van der Waals surface area contributed by atoms with Gasteiger partial charge in [-0.05, 0) is 24.3 Å². The van der Waals surface area contributed by atoms with Crippen molar-refractivity contribution in [1.29, 1.82) is 0 Å². The average Bonchev–Trinajstić information content (AvgIpc) is 3.07. The molecule has 7 nitrogen and oxygen atoms in total. The molecule has 0 spiro atoms. The van der Waals surface area contributed by atoms with Gasteiger partial charge < -0.3 is 4.90 Å². The third-order valence-electron chi connectivity index (χ3n) is 4.73. The van der Waals surface area contributed by atoms with Crippen LogP contribution in [0.4, 0.5) is 5.82 Å². The molecule has 1 saturated heterocycles. The summed E-state index contributed by atoms with van der Waals surface area (Å²) in [5.74, 6) is 1.88. The molecule has 26 heavy (non-hydrogen) atoms. The number of anilines is 1. The summed E-state index contributed by atoms with van der Waals surface area (Å²) in [7, 11) is 0. The molecule has 1 fully saturated rings. The van der Waals surface area contributed by atoms with E-state index in [0.29, 0.717) is 0 Å². The summed E-state index contributed by atoms with van der Waals surface area (Å²) in [6.45, 7) is 11.2. The smallest absolute Gasteiger partial charge is 0.178 e. The predicted molar refractivity (Wildman–Crippen MR) is 101 cm³/mol. The third kappa shape index (κ3) is 3.39. The summed E-state index contributed by atoms with van der Waals surface area (Å²) in [5, 5.41) is 13.4. The van der Waals surface area contributed by atoms with E-state index >= 15 is 0 Å². The standard InChI is InChI=1S/C19H25N7/c1-19(2,3)18-22-21-16-7-8-17(23-26(16)18)25-12-10-24(11-13-25)14-15-6-4-5-9-20-15/h4-9H,10-14H2,1-3H3. The van der Waals surface area contributed by atoms with Gasteiger partial charge in [-0.1, -0.05) is 26.8 Å². The van der Waals surface area contributed by atoms with E-state index in [-0.39, 0.29) is 5.41 Å². The second kappa shape index (κ2) is 6.64. The molecule has 0 amide bonds. The molecular weight excluding hydrogens is 326 g/mol. The number of pyridine rings is 1. The van der Waals surface area contributed by atoms with Crippen molar-refractivity contribution >= 4 is 11.5 Å².